The molecule has 4 heterocycles. The predicted octanol–water partition coefficient (Wildman–Crippen LogP) is 1.82. The monoisotopic (exact) mass is 341 g/mol. The van der Waals surface area contributed by atoms with Crippen LogP contribution < -0.4 is 4.90 Å². The molecule has 3 aromatic heterocycles. The lowest BCUT2D eigenvalue weighted by atomic mass is 10.4. The molecule has 0 amide bonds. The summed E-state index contributed by atoms with van der Waals surface area (Å²) >= 11 is 6.03. The Morgan fingerprint density at radius 3 is 2.67 bits per heavy atom. The summed E-state index contributed by atoms with van der Waals surface area (Å²) in [5.41, 5.74) is 2.13. The SMILES string of the molecule is Cc1c(Cl)nc2ccc(C#Cc3nc(N4CCCC4)nn3C)nn12. The summed E-state index contributed by atoms with van der Waals surface area (Å²) < 4.78 is 3.40. The fraction of sp³-hybridized carbons (Fsp3) is 0.375. The number of hydrogen-bond donors (Lipinski definition) is 0. The van der Waals surface area contributed by atoms with E-state index in [4.69, 9.17) is 11.6 Å². The second kappa shape index (κ2) is 5.80. The van der Waals surface area contributed by atoms with Gasteiger partial charge in [0.25, 0.3) is 0 Å². The first-order valence-corrected chi connectivity index (χ1v) is 8.19. The Hall–Kier alpha value is -2.59. The van der Waals surface area contributed by atoms with Gasteiger partial charge in [-0.05, 0) is 43.7 Å². The van der Waals surface area contributed by atoms with Crippen LogP contribution in [0.25, 0.3) is 5.65 Å². The molecule has 8 heteroatoms. The number of aryl methyl sites for hydroxylation is 2. The summed E-state index contributed by atoms with van der Waals surface area (Å²) in [6, 6.07) is 3.67. The van der Waals surface area contributed by atoms with Crippen molar-refractivity contribution in [1.82, 2.24) is 29.4 Å². The van der Waals surface area contributed by atoms with Gasteiger partial charge in [0.2, 0.25) is 11.8 Å². The van der Waals surface area contributed by atoms with Crippen LogP contribution in [0.1, 0.15) is 30.1 Å². The van der Waals surface area contributed by atoms with Gasteiger partial charge in [-0.3, -0.25) is 0 Å². The van der Waals surface area contributed by atoms with Gasteiger partial charge in [0.15, 0.2) is 10.8 Å². The fourth-order valence-corrected chi connectivity index (χ4v) is 2.90. The zero-order valence-electron chi connectivity index (χ0n) is 13.5. The molecule has 0 aromatic carbocycles. The van der Waals surface area contributed by atoms with Gasteiger partial charge < -0.3 is 4.90 Å². The van der Waals surface area contributed by atoms with E-state index in [2.05, 4.69) is 36.9 Å². The Bertz CT molecular complexity index is 970. The van der Waals surface area contributed by atoms with Crippen LogP contribution in [-0.4, -0.2) is 42.5 Å². The minimum absolute atomic E-state index is 0.455. The average Bonchev–Trinajstić information content (AvgIpc) is 3.27. The highest BCUT2D eigenvalue weighted by Gasteiger charge is 2.17. The largest absolute Gasteiger partial charge is 0.340 e. The van der Waals surface area contributed by atoms with Gasteiger partial charge >= 0.3 is 0 Å². The highest BCUT2D eigenvalue weighted by Crippen LogP contribution is 2.16. The highest BCUT2D eigenvalue weighted by molar-refractivity contribution is 6.30. The third kappa shape index (κ3) is 2.59. The molecule has 1 fully saturated rings. The van der Waals surface area contributed by atoms with Gasteiger partial charge in [-0.15, -0.1) is 5.10 Å². The number of fused-ring (bicyclic) bond motifs is 1. The van der Waals surface area contributed by atoms with Gasteiger partial charge in [-0.2, -0.15) is 10.1 Å². The van der Waals surface area contributed by atoms with Crippen LogP contribution in [0.2, 0.25) is 5.15 Å². The maximum Gasteiger partial charge on any atom is 0.245 e. The van der Waals surface area contributed by atoms with Crippen molar-refractivity contribution >= 4 is 23.2 Å². The van der Waals surface area contributed by atoms with E-state index in [1.54, 1.807) is 9.20 Å². The van der Waals surface area contributed by atoms with Gasteiger partial charge in [0, 0.05) is 20.1 Å². The average molecular weight is 342 g/mol. The van der Waals surface area contributed by atoms with Crippen molar-refractivity contribution in [1.29, 1.82) is 0 Å². The van der Waals surface area contributed by atoms with Gasteiger partial charge in [-0.1, -0.05) is 11.6 Å². The maximum absolute atomic E-state index is 6.03. The second-order valence-corrected chi connectivity index (χ2v) is 6.14. The summed E-state index contributed by atoms with van der Waals surface area (Å²) in [4.78, 5) is 10.9. The molecule has 0 atom stereocenters. The fourth-order valence-electron chi connectivity index (χ4n) is 2.73. The van der Waals surface area contributed by atoms with E-state index in [9.17, 15) is 0 Å². The van der Waals surface area contributed by atoms with E-state index in [1.807, 2.05) is 26.1 Å². The topological polar surface area (TPSA) is 64.1 Å². The molecule has 0 unspecified atom stereocenters. The quantitative estimate of drug-likeness (QED) is 0.632. The molecule has 7 nitrogen and oxygen atoms in total. The number of hydrogen-bond acceptors (Lipinski definition) is 5. The summed E-state index contributed by atoms with van der Waals surface area (Å²) in [5, 5.41) is 9.36. The molecule has 0 saturated carbocycles. The second-order valence-electron chi connectivity index (χ2n) is 5.78. The third-order valence-electron chi connectivity index (χ3n) is 4.09. The molecule has 24 heavy (non-hydrogen) atoms. The van der Waals surface area contributed by atoms with E-state index in [1.165, 1.54) is 12.8 Å². The minimum atomic E-state index is 0.455. The predicted molar refractivity (Wildman–Crippen MR) is 91.2 cm³/mol. The molecule has 0 aliphatic carbocycles. The molecule has 0 bridgehead atoms. The van der Waals surface area contributed by atoms with Crippen molar-refractivity contribution in [2.75, 3.05) is 18.0 Å². The van der Waals surface area contributed by atoms with Crippen molar-refractivity contribution in [3.8, 4) is 11.8 Å². The number of halogens is 1. The molecule has 0 spiro atoms. The molecule has 0 N–H and O–H groups in total. The summed E-state index contributed by atoms with van der Waals surface area (Å²) in [6.45, 7) is 3.89. The standard InChI is InChI=1S/C16H16ClN7/c1-11-15(17)18-14-8-6-12(20-24(11)14)5-7-13-19-16(21-22(13)2)23-9-3-4-10-23/h6,8H,3-4,9-10H2,1-2H3. The van der Waals surface area contributed by atoms with Crippen molar-refractivity contribution in [2.45, 2.75) is 19.8 Å². The zero-order chi connectivity index (χ0) is 16.7. The third-order valence-corrected chi connectivity index (χ3v) is 4.45. The summed E-state index contributed by atoms with van der Waals surface area (Å²) in [5.74, 6) is 7.46. The van der Waals surface area contributed by atoms with Crippen molar-refractivity contribution in [3.63, 3.8) is 0 Å². The lowest BCUT2D eigenvalue weighted by Crippen LogP contribution is -2.19. The molecule has 4 rings (SSSR count). The van der Waals surface area contributed by atoms with Crippen LogP contribution in [0.5, 0.6) is 0 Å². The Kier molecular flexibility index (Phi) is 3.62. The van der Waals surface area contributed by atoms with E-state index < -0.39 is 0 Å². The van der Waals surface area contributed by atoms with Crippen LogP contribution in [0.4, 0.5) is 5.95 Å². The highest BCUT2D eigenvalue weighted by atomic mass is 35.5. The molecule has 0 radical (unpaired) electrons. The summed E-state index contributed by atoms with van der Waals surface area (Å²) in [7, 11) is 1.85. The number of anilines is 1. The smallest absolute Gasteiger partial charge is 0.245 e. The zero-order valence-corrected chi connectivity index (χ0v) is 14.2. The van der Waals surface area contributed by atoms with Crippen LogP contribution in [-0.2, 0) is 7.05 Å². The molecular weight excluding hydrogens is 326 g/mol. The first kappa shape index (κ1) is 15.0. The molecule has 1 aliphatic heterocycles. The molecule has 122 valence electrons. The van der Waals surface area contributed by atoms with Crippen LogP contribution >= 0.6 is 11.6 Å². The Balaban J connectivity index is 1.65. The maximum atomic E-state index is 6.03. The van der Waals surface area contributed by atoms with Crippen molar-refractivity contribution in [2.24, 2.45) is 7.05 Å². The molecule has 3 aromatic rings. The van der Waals surface area contributed by atoms with E-state index in [-0.39, 0.29) is 0 Å². The van der Waals surface area contributed by atoms with Gasteiger partial charge in [-0.25, -0.2) is 14.2 Å². The number of rotatable bonds is 1. The first-order valence-electron chi connectivity index (χ1n) is 7.82. The Labute approximate surface area is 144 Å². The van der Waals surface area contributed by atoms with E-state index in [0.717, 1.165) is 24.7 Å². The van der Waals surface area contributed by atoms with Crippen molar-refractivity contribution < 1.29 is 0 Å². The van der Waals surface area contributed by atoms with Gasteiger partial charge in [0.1, 0.15) is 5.69 Å². The normalized spacial score (nSPS) is 14.2. The molecule has 1 aliphatic rings. The Morgan fingerprint density at radius 2 is 1.88 bits per heavy atom. The molecule has 1 saturated heterocycles. The minimum Gasteiger partial charge on any atom is -0.340 e. The Morgan fingerprint density at radius 1 is 1.08 bits per heavy atom. The van der Waals surface area contributed by atoms with E-state index >= 15 is 0 Å². The molecular formula is C16H16ClN7. The summed E-state index contributed by atoms with van der Waals surface area (Å²) in [6.07, 6.45) is 2.38. The van der Waals surface area contributed by atoms with Gasteiger partial charge in [0.05, 0.1) is 5.69 Å². The number of nitrogens with zero attached hydrogens (tertiary/aromatic N) is 7. The van der Waals surface area contributed by atoms with Crippen LogP contribution in [0, 0.1) is 18.8 Å². The van der Waals surface area contributed by atoms with E-state index in [0.29, 0.717) is 22.3 Å². The first-order chi connectivity index (χ1) is 11.6. The lowest BCUT2D eigenvalue weighted by Gasteiger charge is -2.10. The number of aromatic nitrogens is 6. The van der Waals surface area contributed by atoms with Crippen LogP contribution in [0.15, 0.2) is 12.1 Å². The van der Waals surface area contributed by atoms with Crippen molar-refractivity contribution in [3.05, 3.63) is 34.5 Å². The lowest BCUT2D eigenvalue weighted by molar-refractivity contribution is 0.745. The number of imidazole rings is 1. The van der Waals surface area contributed by atoms with Crippen LogP contribution in [0.3, 0.4) is 0 Å².